The highest BCUT2D eigenvalue weighted by Crippen LogP contribution is 2.20. The fraction of sp³-hybridized carbons (Fsp3) is 0.778. The van der Waals surface area contributed by atoms with Crippen molar-refractivity contribution in [3.05, 3.63) is 16.1 Å². The van der Waals surface area contributed by atoms with Crippen LogP contribution in [0.3, 0.4) is 0 Å². The average Bonchev–Trinajstić information content (AvgIpc) is 3.10. The summed E-state index contributed by atoms with van der Waals surface area (Å²) >= 11 is 1.64. The van der Waals surface area contributed by atoms with Crippen molar-refractivity contribution in [3.8, 4) is 0 Å². The number of aliphatic imine (C=N–C) groups is 1. The van der Waals surface area contributed by atoms with Gasteiger partial charge >= 0.3 is 0 Å². The summed E-state index contributed by atoms with van der Waals surface area (Å²) in [5.41, 5.74) is 1.04. The predicted molar refractivity (Wildman–Crippen MR) is 107 cm³/mol. The number of hydrogen-bond donors (Lipinski definition) is 1. The van der Waals surface area contributed by atoms with Gasteiger partial charge in [0, 0.05) is 46.3 Å². The average molecular weight is 387 g/mol. The summed E-state index contributed by atoms with van der Waals surface area (Å²) in [7, 11) is 5.42. The van der Waals surface area contributed by atoms with E-state index in [1.807, 2.05) is 14.0 Å². The molecule has 0 aliphatic rings. The van der Waals surface area contributed by atoms with E-state index in [4.69, 9.17) is 19.2 Å². The van der Waals surface area contributed by atoms with Gasteiger partial charge in [-0.15, -0.1) is 11.3 Å². The first-order valence-electron chi connectivity index (χ1n) is 9.15. The summed E-state index contributed by atoms with van der Waals surface area (Å²) in [6.07, 6.45) is 2.04. The molecule has 1 aromatic rings. The lowest BCUT2D eigenvalue weighted by Gasteiger charge is -2.21. The minimum atomic E-state index is 0.0343. The molecule has 0 radical (unpaired) electrons. The smallest absolute Gasteiger partial charge is 0.194 e. The van der Waals surface area contributed by atoms with Crippen LogP contribution in [0.1, 0.15) is 43.5 Å². The SMILES string of the molecule is CCNC(=NCCCCOCCOC)N(C)Cc1csc(C(C)OC)n1. The van der Waals surface area contributed by atoms with Crippen LogP contribution in [0.4, 0.5) is 0 Å². The van der Waals surface area contributed by atoms with Crippen molar-refractivity contribution in [1.29, 1.82) is 0 Å². The lowest BCUT2D eigenvalue weighted by Crippen LogP contribution is -2.38. The van der Waals surface area contributed by atoms with Crippen LogP contribution in [0.2, 0.25) is 0 Å². The summed E-state index contributed by atoms with van der Waals surface area (Å²) in [6.45, 7) is 8.49. The lowest BCUT2D eigenvalue weighted by molar-refractivity contribution is 0.0690. The van der Waals surface area contributed by atoms with Gasteiger partial charge in [-0.25, -0.2) is 4.98 Å². The molecule has 7 nitrogen and oxygen atoms in total. The molecule has 1 N–H and O–H groups in total. The Morgan fingerprint density at radius 3 is 2.81 bits per heavy atom. The molecular formula is C18H34N4O3S. The van der Waals surface area contributed by atoms with Gasteiger partial charge in [0.1, 0.15) is 11.1 Å². The standard InChI is InChI=1S/C18H34N4O3S/c1-6-19-18(20-9-7-8-10-25-12-11-23-4)22(3)13-16-14-26-17(21-16)15(2)24-5/h14-15H,6-13H2,1-5H3,(H,19,20). The van der Waals surface area contributed by atoms with Gasteiger partial charge < -0.3 is 24.4 Å². The zero-order chi connectivity index (χ0) is 19.2. The molecule has 1 heterocycles. The Balaban J connectivity index is 2.42. The Labute approximate surface area is 161 Å². The number of rotatable bonds is 13. The van der Waals surface area contributed by atoms with E-state index in [0.717, 1.165) is 55.7 Å². The fourth-order valence-corrected chi connectivity index (χ4v) is 3.06. The number of hydrogen-bond acceptors (Lipinski definition) is 6. The molecular weight excluding hydrogens is 352 g/mol. The normalized spacial score (nSPS) is 13.0. The second-order valence-corrected chi connectivity index (χ2v) is 6.85. The molecule has 0 fully saturated rings. The van der Waals surface area contributed by atoms with Crippen molar-refractivity contribution in [2.45, 2.75) is 39.3 Å². The zero-order valence-corrected chi connectivity index (χ0v) is 17.6. The molecule has 8 heteroatoms. The summed E-state index contributed by atoms with van der Waals surface area (Å²) in [6, 6.07) is 0. The highest BCUT2D eigenvalue weighted by Gasteiger charge is 2.12. The van der Waals surface area contributed by atoms with Crippen LogP contribution in [-0.2, 0) is 20.8 Å². The summed E-state index contributed by atoms with van der Waals surface area (Å²) in [4.78, 5) is 11.5. The minimum Gasteiger partial charge on any atom is -0.382 e. The van der Waals surface area contributed by atoms with Crippen molar-refractivity contribution < 1.29 is 14.2 Å². The van der Waals surface area contributed by atoms with Crippen molar-refractivity contribution in [3.63, 3.8) is 0 Å². The molecule has 1 atom stereocenters. The van der Waals surface area contributed by atoms with E-state index >= 15 is 0 Å². The Morgan fingerprint density at radius 1 is 1.31 bits per heavy atom. The fourth-order valence-electron chi connectivity index (χ4n) is 2.22. The van der Waals surface area contributed by atoms with Crippen molar-refractivity contribution in [2.75, 3.05) is 54.2 Å². The van der Waals surface area contributed by atoms with Gasteiger partial charge in [-0.1, -0.05) is 0 Å². The maximum Gasteiger partial charge on any atom is 0.194 e. The highest BCUT2D eigenvalue weighted by molar-refractivity contribution is 7.09. The van der Waals surface area contributed by atoms with Gasteiger partial charge in [0.05, 0.1) is 25.5 Å². The van der Waals surface area contributed by atoms with Gasteiger partial charge in [-0.2, -0.15) is 0 Å². The molecule has 150 valence electrons. The first-order chi connectivity index (χ1) is 12.6. The maximum absolute atomic E-state index is 5.47. The summed E-state index contributed by atoms with van der Waals surface area (Å²) in [5, 5.41) is 6.43. The molecule has 0 aromatic carbocycles. The number of thiazole rings is 1. The third-order valence-corrected chi connectivity index (χ3v) is 4.81. The number of ether oxygens (including phenoxy) is 3. The zero-order valence-electron chi connectivity index (χ0n) is 16.8. The molecule has 0 spiro atoms. The lowest BCUT2D eigenvalue weighted by atomic mass is 10.3. The van der Waals surface area contributed by atoms with E-state index in [2.05, 4.69) is 27.5 Å². The Morgan fingerprint density at radius 2 is 2.12 bits per heavy atom. The predicted octanol–water partition coefficient (Wildman–Crippen LogP) is 2.69. The van der Waals surface area contributed by atoms with Gasteiger partial charge in [-0.3, -0.25) is 4.99 Å². The number of nitrogens with one attached hydrogen (secondary N) is 1. The van der Waals surface area contributed by atoms with Crippen LogP contribution < -0.4 is 5.32 Å². The van der Waals surface area contributed by atoms with Crippen LogP contribution >= 0.6 is 11.3 Å². The molecule has 0 bridgehead atoms. The summed E-state index contributed by atoms with van der Waals surface area (Å²) < 4.78 is 15.7. The largest absolute Gasteiger partial charge is 0.382 e. The number of methoxy groups -OCH3 is 2. The quantitative estimate of drug-likeness (QED) is 0.319. The molecule has 1 aromatic heterocycles. The topological polar surface area (TPSA) is 68.2 Å². The molecule has 0 aliphatic heterocycles. The molecule has 1 rings (SSSR count). The monoisotopic (exact) mass is 386 g/mol. The number of nitrogens with zero attached hydrogens (tertiary/aromatic N) is 3. The van der Waals surface area contributed by atoms with E-state index in [1.54, 1.807) is 25.6 Å². The minimum absolute atomic E-state index is 0.0343. The number of aromatic nitrogens is 1. The van der Waals surface area contributed by atoms with Crippen LogP contribution in [0.5, 0.6) is 0 Å². The first kappa shape index (κ1) is 22.8. The molecule has 26 heavy (non-hydrogen) atoms. The van der Waals surface area contributed by atoms with Gasteiger partial charge in [0.25, 0.3) is 0 Å². The van der Waals surface area contributed by atoms with Crippen LogP contribution in [0.15, 0.2) is 10.4 Å². The van der Waals surface area contributed by atoms with Crippen molar-refractivity contribution >= 4 is 17.3 Å². The van der Waals surface area contributed by atoms with E-state index in [1.165, 1.54) is 0 Å². The molecule has 1 unspecified atom stereocenters. The van der Waals surface area contributed by atoms with Crippen molar-refractivity contribution in [1.82, 2.24) is 15.2 Å². The van der Waals surface area contributed by atoms with Gasteiger partial charge in [0.15, 0.2) is 5.96 Å². The second-order valence-electron chi connectivity index (χ2n) is 5.96. The van der Waals surface area contributed by atoms with E-state index in [0.29, 0.717) is 13.2 Å². The number of guanidine groups is 1. The van der Waals surface area contributed by atoms with Crippen LogP contribution in [0.25, 0.3) is 0 Å². The van der Waals surface area contributed by atoms with Gasteiger partial charge in [0.2, 0.25) is 0 Å². The second kappa shape index (κ2) is 13.9. The summed E-state index contributed by atoms with van der Waals surface area (Å²) in [5.74, 6) is 0.905. The highest BCUT2D eigenvalue weighted by atomic mass is 32.1. The Kier molecular flexibility index (Phi) is 12.2. The Bertz CT molecular complexity index is 510. The van der Waals surface area contributed by atoms with E-state index < -0.39 is 0 Å². The van der Waals surface area contributed by atoms with Gasteiger partial charge in [-0.05, 0) is 26.7 Å². The van der Waals surface area contributed by atoms with Crippen molar-refractivity contribution in [2.24, 2.45) is 4.99 Å². The van der Waals surface area contributed by atoms with Crippen LogP contribution in [0, 0.1) is 0 Å². The third kappa shape index (κ3) is 8.93. The van der Waals surface area contributed by atoms with E-state index in [-0.39, 0.29) is 6.10 Å². The molecule has 0 amide bonds. The molecule has 0 saturated heterocycles. The first-order valence-corrected chi connectivity index (χ1v) is 10.0. The third-order valence-electron chi connectivity index (χ3n) is 3.76. The van der Waals surface area contributed by atoms with E-state index in [9.17, 15) is 0 Å². The number of unbranched alkanes of at least 4 members (excludes halogenated alkanes) is 1. The van der Waals surface area contributed by atoms with Crippen LogP contribution in [-0.4, -0.2) is 70.0 Å². The molecule has 0 saturated carbocycles. The molecule has 0 aliphatic carbocycles. The maximum atomic E-state index is 5.47. The Hall–Kier alpha value is -1.22.